The average molecular weight is 512 g/mol. The lowest BCUT2D eigenvalue weighted by atomic mass is 10.2. The van der Waals surface area contributed by atoms with Crippen molar-refractivity contribution >= 4 is 43.2 Å². The van der Waals surface area contributed by atoms with Gasteiger partial charge in [-0.25, -0.2) is 8.42 Å². The number of aromatic nitrogens is 1. The highest BCUT2D eigenvalue weighted by atomic mass is 32.2. The number of thiazole rings is 1. The van der Waals surface area contributed by atoms with Crippen LogP contribution >= 0.6 is 11.3 Å². The van der Waals surface area contributed by atoms with Crippen molar-refractivity contribution in [3.63, 3.8) is 0 Å². The number of fused-ring (bicyclic) bond motifs is 1. The number of anilines is 1. The molecule has 4 rings (SSSR count). The molecule has 0 aliphatic heterocycles. The lowest BCUT2D eigenvalue weighted by Gasteiger charge is -2.22. The molecule has 0 aliphatic rings. The van der Waals surface area contributed by atoms with E-state index in [1.54, 1.807) is 50.0 Å². The van der Waals surface area contributed by atoms with E-state index in [1.807, 2.05) is 25.2 Å². The Hall–Kier alpha value is -3.63. The Morgan fingerprint density at radius 2 is 1.63 bits per heavy atom. The number of para-hydroxylation sites is 1. The molecular weight excluding hydrogens is 486 g/mol. The van der Waals surface area contributed by atoms with Crippen molar-refractivity contribution in [2.45, 2.75) is 11.8 Å². The number of benzene rings is 3. The summed E-state index contributed by atoms with van der Waals surface area (Å²) in [5, 5.41) is 0. The minimum absolute atomic E-state index is 0.103. The molecule has 1 aromatic heterocycles. The molecule has 0 saturated heterocycles. The standard InChI is InChI=1S/C25H25N3O5S2/c1-5-28(18-9-7-6-8-10-18)35(30,31)19-13-11-17(12-14-19)24(29)26-25-27(2)20-15-21(32-3)22(33-4)16-23(20)34-25/h6-16H,5H2,1-4H3. The molecule has 0 N–H and O–H groups in total. The lowest BCUT2D eigenvalue weighted by Crippen LogP contribution is -2.30. The Labute approximate surface area is 207 Å². The van der Waals surface area contributed by atoms with E-state index in [1.165, 1.54) is 39.9 Å². The van der Waals surface area contributed by atoms with Crippen molar-refractivity contribution in [3.05, 3.63) is 77.1 Å². The first kappa shape index (κ1) is 24.5. The number of carbonyl (C=O) groups excluding carboxylic acids is 1. The zero-order valence-corrected chi connectivity index (χ0v) is 21.4. The summed E-state index contributed by atoms with van der Waals surface area (Å²) in [6, 6.07) is 18.4. The van der Waals surface area contributed by atoms with Crippen LogP contribution in [0.3, 0.4) is 0 Å². The smallest absolute Gasteiger partial charge is 0.279 e. The predicted molar refractivity (Wildman–Crippen MR) is 137 cm³/mol. The van der Waals surface area contributed by atoms with E-state index in [0.29, 0.717) is 27.6 Å². The topological polar surface area (TPSA) is 90.2 Å². The number of nitrogens with zero attached hydrogens (tertiary/aromatic N) is 3. The molecule has 0 atom stereocenters. The van der Waals surface area contributed by atoms with Gasteiger partial charge in [-0.05, 0) is 43.3 Å². The molecule has 182 valence electrons. The van der Waals surface area contributed by atoms with E-state index in [4.69, 9.17) is 9.47 Å². The fourth-order valence-electron chi connectivity index (χ4n) is 3.69. The average Bonchev–Trinajstić information content (AvgIpc) is 3.18. The lowest BCUT2D eigenvalue weighted by molar-refractivity contribution is 0.0998. The van der Waals surface area contributed by atoms with Crippen molar-refractivity contribution in [2.24, 2.45) is 12.0 Å². The molecule has 0 saturated carbocycles. The number of hydrogen-bond donors (Lipinski definition) is 0. The summed E-state index contributed by atoms with van der Waals surface area (Å²) in [4.78, 5) is 17.7. The van der Waals surface area contributed by atoms with Gasteiger partial charge in [-0.1, -0.05) is 29.5 Å². The maximum Gasteiger partial charge on any atom is 0.279 e. The maximum absolute atomic E-state index is 13.2. The highest BCUT2D eigenvalue weighted by molar-refractivity contribution is 7.92. The number of rotatable bonds is 7. The van der Waals surface area contributed by atoms with E-state index in [0.717, 1.165) is 10.2 Å². The third-order valence-corrected chi connectivity index (χ3v) is 8.54. The number of amides is 1. The van der Waals surface area contributed by atoms with Crippen LogP contribution in [0, 0.1) is 0 Å². The van der Waals surface area contributed by atoms with Crippen molar-refractivity contribution in [1.29, 1.82) is 0 Å². The molecule has 3 aromatic carbocycles. The summed E-state index contributed by atoms with van der Waals surface area (Å²) in [6.07, 6.45) is 0. The van der Waals surface area contributed by atoms with E-state index in [2.05, 4.69) is 4.99 Å². The van der Waals surface area contributed by atoms with Crippen LogP contribution in [0.1, 0.15) is 17.3 Å². The van der Waals surface area contributed by atoms with E-state index in [-0.39, 0.29) is 11.4 Å². The number of aryl methyl sites for hydroxylation is 1. The Kier molecular flexibility index (Phi) is 6.95. The molecule has 4 aromatic rings. The Morgan fingerprint density at radius 1 is 1.00 bits per heavy atom. The number of methoxy groups -OCH3 is 2. The summed E-state index contributed by atoms with van der Waals surface area (Å²) in [5.74, 6) is 0.707. The number of carbonyl (C=O) groups is 1. The number of hydrogen-bond acceptors (Lipinski definition) is 6. The van der Waals surface area contributed by atoms with Gasteiger partial charge in [0.15, 0.2) is 16.3 Å². The molecule has 8 nitrogen and oxygen atoms in total. The van der Waals surface area contributed by atoms with Crippen molar-refractivity contribution < 1.29 is 22.7 Å². The van der Waals surface area contributed by atoms with Gasteiger partial charge in [-0.15, -0.1) is 0 Å². The first-order valence-electron chi connectivity index (χ1n) is 10.8. The van der Waals surface area contributed by atoms with Crippen LogP contribution in [0.2, 0.25) is 0 Å². The van der Waals surface area contributed by atoms with Crippen LogP contribution in [0.25, 0.3) is 10.2 Å². The van der Waals surface area contributed by atoms with Gasteiger partial charge in [0.25, 0.3) is 15.9 Å². The van der Waals surface area contributed by atoms with Crippen molar-refractivity contribution in [2.75, 3.05) is 25.1 Å². The fourth-order valence-corrected chi connectivity index (χ4v) is 6.20. The van der Waals surface area contributed by atoms with Crippen molar-refractivity contribution in [3.8, 4) is 11.5 Å². The summed E-state index contributed by atoms with van der Waals surface area (Å²) < 4.78 is 41.1. The van der Waals surface area contributed by atoms with Crippen LogP contribution in [-0.4, -0.2) is 39.7 Å². The third kappa shape index (κ3) is 4.67. The fraction of sp³-hybridized carbons (Fsp3) is 0.200. The first-order chi connectivity index (χ1) is 16.8. The molecule has 0 spiro atoms. The second kappa shape index (κ2) is 9.93. The molecule has 0 bridgehead atoms. The molecule has 0 unspecified atom stereocenters. The van der Waals surface area contributed by atoms with Gasteiger partial charge in [-0.2, -0.15) is 4.99 Å². The molecule has 0 radical (unpaired) electrons. The van der Waals surface area contributed by atoms with Gasteiger partial charge in [-0.3, -0.25) is 9.10 Å². The minimum Gasteiger partial charge on any atom is -0.493 e. The van der Waals surface area contributed by atoms with Gasteiger partial charge in [0, 0.05) is 31.3 Å². The molecule has 1 amide bonds. The summed E-state index contributed by atoms with van der Waals surface area (Å²) in [6.45, 7) is 2.05. The van der Waals surface area contributed by atoms with E-state index >= 15 is 0 Å². The summed E-state index contributed by atoms with van der Waals surface area (Å²) in [7, 11) is 1.17. The molecule has 10 heteroatoms. The van der Waals surface area contributed by atoms with E-state index < -0.39 is 15.9 Å². The highest BCUT2D eigenvalue weighted by Gasteiger charge is 2.23. The van der Waals surface area contributed by atoms with Crippen LogP contribution in [0.15, 0.2) is 76.6 Å². The van der Waals surface area contributed by atoms with Crippen molar-refractivity contribution in [1.82, 2.24) is 4.57 Å². The second-order valence-corrected chi connectivity index (χ2v) is 10.4. The van der Waals surface area contributed by atoms with Gasteiger partial charge in [0.05, 0.1) is 35.0 Å². The molecule has 0 fully saturated rings. The van der Waals surface area contributed by atoms with Crippen LogP contribution in [0.5, 0.6) is 11.5 Å². The highest BCUT2D eigenvalue weighted by Crippen LogP contribution is 2.33. The Balaban J connectivity index is 1.65. The van der Waals surface area contributed by atoms with Crippen LogP contribution in [-0.2, 0) is 17.1 Å². The molecular formula is C25H25N3O5S2. The van der Waals surface area contributed by atoms with Gasteiger partial charge >= 0.3 is 0 Å². The van der Waals surface area contributed by atoms with Gasteiger partial charge in [0.1, 0.15) is 0 Å². The molecule has 35 heavy (non-hydrogen) atoms. The Bertz CT molecular complexity index is 1540. The monoisotopic (exact) mass is 511 g/mol. The predicted octanol–water partition coefficient (Wildman–Crippen LogP) is 4.21. The second-order valence-electron chi connectivity index (χ2n) is 7.57. The largest absolute Gasteiger partial charge is 0.493 e. The number of sulfonamides is 1. The quantitative estimate of drug-likeness (QED) is 0.371. The van der Waals surface area contributed by atoms with Gasteiger partial charge < -0.3 is 14.0 Å². The zero-order valence-electron chi connectivity index (χ0n) is 19.8. The third-order valence-electron chi connectivity index (χ3n) is 5.53. The summed E-state index contributed by atoms with van der Waals surface area (Å²) in [5.41, 5.74) is 1.72. The normalized spacial score (nSPS) is 12.1. The molecule has 0 aliphatic carbocycles. The van der Waals surface area contributed by atoms with E-state index in [9.17, 15) is 13.2 Å². The zero-order chi connectivity index (χ0) is 25.2. The minimum atomic E-state index is -3.78. The van der Waals surface area contributed by atoms with Crippen LogP contribution in [0.4, 0.5) is 5.69 Å². The Morgan fingerprint density at radius 3 is 2.23 bits per heavy atom. The van der Waals surface area contributed by atoms with Gasteiger partial charge in [0.2, 0.25) is 0 Å². The first-order valence-corrected chi connectivity index (χ1v) is 13.0. The molecule has 1 heterocycles. The number of ether oxygens (including phenoxy) is 2. The van der Waals surface area contributed by atoms with Crippen LogP contribution < -0.4 is 18.6 Å². The SMILES string of the molecule is CCN(c1ccccc1)S(=O)(=O)c1ccc(C(=O)N=c2sc3cc(OC)c(OC)cc3n2C)cc1. The summed E-state index contributed by atoms with van der Waals surface area (Å²) >= 11 is 1.34. The maximum atomic E-state index is 13.2.